The van der Waals surface area contributed by atoms with E-state index in [0.717, 1.165) is 43.1 Å². The molecule has 1 saturated carbocycles. The zero-order valence-corrected chi connectivity index (χ0v) is 15.1. The Labute approximate surface area is 155 Å². The molecule has 1 aliphatic heterocycles. The largest absolute Gasteiger partial charge is 0.481 e. The molecule has 0 unspecified atom stereocenters. The number of carboxylic acids is 1. The van der Waals surface area contributed by atoms with E-state index in [1.54, 1.807) is 12.1 Å². The molecule has 0 radical (unpaired) electrons. The summed E-state index contributed by atoms with van der Waals surface area (Å²) in [6.07, 6.45) is 3.80. The molecule has 6 nitrogen and oxygen atoms in total. The van der Waals surface area contributed by atoms with Gasteiger partial charge in [-0.05, 0) is 37.1 Å². The maximum Gasteiger partial charge on any atom is 0.313 e. The minimum absolute atomic E-state index is 0.0922. The molecule has 2 aliphatic rings. The molecule has 1 spiro atoms. The molecule has 1 fully saturated rings. The third-order valence-electron chi connectivity index (χ3n) is 4.41. The molecule has 0 aromatic heterocycles. The van der Waals surface area contributed by atoms with Crippen molar-refractivity contribution in [3.8, 4) is 6.07 Å². The zero-order chi connectivity index (χ0) is 17.9. The molecule has 3 rings (SSSR count). The second-order valence-corrected chi connectivity index (χ2v) is 7.35. The Bertz CT molecular complexity index is 764. The molecule has 130 valence electrons. The summed E-state index contributed by atoms with van der Waals surface area (Å²) in [5.41, 5.74) is 0.340. The Balaban J connectivity index is 1.99. The number of halogens is 1. The first-order chi connectivity index (χ1) is 12.0. The van der Waals surface area contributed by atoms with Crippen LogP contribution in [0.15, 0.2) is 34.3 Å². The molecule has 1 aromatic rings. The van der Waals surface area contributed by atoms with E-state index < -0.39 is 11.5 Å². The summed E-state index contributed by atoms with van der Waals surface area (Å²) in [7, 11) is 0. The van der Waals surface area contributed by atoms with Gasteiger partial charge in [0, 0.05) is 5.02 Å². The first kappa shape index (κ1) is 17.8. The molecule has 0 atom stereocenters. The van der Waals surface area contributed by atoms with E-state index in [0.29, 0.717) is 16.0 Å². The number of benzene rings is 1. The summed E-state index contributed by atoms with van der Waals surface area (Å²) in [5, 5.41) is 19.4. The second-order valence-electron chi connectivity index (χ2n) is 5.97. The highest BCUT2D eigenvalue weighted by Crippen LogP contribution is 2.43. The van der Waals surface area contributed by atoms with Gasteiger partial charge in [0.15, 0.2) is 11.0 Å². The fourth-order valence-corrected chi connectivity index (χ4v) is 4.23. The molecule has 0 saturated heterocycles. The number of rotatable bonds is 4. The van der Waals surface area contributed by atoms with Gasteiger partial charge >= 0.3 is 5.97 Å². The van der Waals surface area contributed by atoms with E-state index in [1.807, 2.05) is 17.0 Å². The number of aliphatic carboxylic acids is 1. The summed E-state index contributed by atoms with van der Waals surface area (Å²) in [5.74, 6) is -0.339. The summed E-state index contributed by atoms with van der Waals surface area (Å²) in [6.45, 7) is 0.172. The number of thioether (sulfide) groups is 1. The Morgan fingerprint density at radius 3 is 2.68 bits per heavy atom. The molecule has 25 heavy (non-hydrogen) atoms. The lowest BCUT2D eigenvalue weighted by atomic mass is 9.95. The van der Waals surface area contributed by atoms with Crippen LogP contribution in [-0.4, -0.2) is 44.8 Å². The highest BCUT2D eigenvalue weighted by Gasteiger charge is 2.50. The maximum absolute atomic E-state index is 10.9. The Morgan fingerprint density at radius 1 is 1.40 bits per heavy atom. The van der Waals surface area contributed by atoms with Crippen molar-refractivity contribution < 1.29 is 9.90 Å². The molecular formula is C17H17ClN4O2S. The highest BCUT2D eigenvalue weighted by molar-refractivity contribution is 8.14. The molecule has 1 N–H and O–H groups in total. The number of hydrogen-bond donors (Lipinski definition) is 1. The van der Waals surface area contributed by atoms with Gasteiger partial charge in [0.1, 0.15) is 12.1 Å². The lowest BCUT2D eigenvalue weighted by Crippen LogP contribution is -2.49. The van der Waals surface area contributed by atoms with Crippen molar-refractivity contribution in [1.82, 2.24) is 4.90 Å². The van der Waals surface area contributed by atoms with Gasteiger partial charge in [0.05, 0.1) is 17.5 Å². The van der Waals surface area contributed by atoms with Crippen molar-refractivity contribution in [2.45, 2.75) is 31.2 Å². The zero-order valence-electron chi connectivity index (χ0n) is 13.5. The van der Waals surface area contributed by atoms with Crippen LogP contribution in [0.3, 0.4) is 0 Å². The monoisotopic (exact) mass is 376 g/mol. The van der Waals surface area contributed by atoms with Crippen molar-refractivity contribution in [2.24, 2.45) is 9.98 Å². The van der Waals surface area contributed by atoms with Crippen LogP contribution in [0.25, 0.3) is 0 Å². The predicted octanol–water partition coefficient (Wildman–Crippen LogP) is 3.70. The average molecular weight is 377 g/mol. The van der Waals surface area contributed by atoms with E-state index in [-0.39, 0.29) is 12.3 Å². The number of amidine groups is 2. The SMILES string of the molecule is N#CCN1C(SCC(=O)O)=NC(=Nc2ccc(Cl)cc2)C12CCCC2. The Morgan fingerprint density at radius 2 is 2.08 bits per heavy atom. The van der Waals surface area contributed by atoms with Crippen LogP contribution in [0, 0.1) is 11.3 Å². The Kier molecular flexibility index (Phi) is 5.30. The van der Waals surface area contributed by atoms with Gasteiger partial charge in [-0.15, -0.1) is 0 Å². The number of hydrogen-bond acceptors (Lipinski definition) is 5. The van der Waals surface area contributed by atoms with Crippen LogP contribution in [-0.2, 0) is 4.79 Å². The van der Waals surface area contributed by atoms with Crippen LogP contribution < -0.4 is 0 Å². The van der Waals surface area contributed by atoms with Crippen LogP contribution >= 0.6 is 23.4 Å². The lowest BCUT2D eigenvalue weighted by Gasteiger charge is -2.34. The van der Waals surface area contributed by atoms with Crippen molar-refractivity contribution in [2.75, 3.05) is 12.3 Å². The van der Waals surface area contributed by atoms with E-state index in [2.05, 4.69) is 11.1 Å². The maximum atomic E-state index is 10.9. The van der Waals surface area contributed by atoms with Gasteiger partial charge in [-0.3, -0.25) is 4.79 Å². The number of nitriles is 1. The van der Waals surface area contributed by atoms with E-state index in [9.17, 15) is 10.1 Å². The third-order valence-corrected chi connectivity index (χ3v) is 5.62. The minimum Gasteiger partial charge on any atom is -0.481 e. The minimum atomic E-state index is -0.909. The Hall–Kier alpha value is -2.04. The van der Waals surface area contributed by atoms with Crippen molar-refractivity contribution >= 4 is 46.0 Å². The van der Waals surface area contributed by atoms with Gasteiger partial charge in [-0.2, -0.15) is 5.26 Å². The molecule has 1 heterocycles. The summed E-state index contributed by atoms with van der Waals surface area (Å²) >= 11 is 7.07. The summed E-state index contributed by atoms with van der Waals surface area (Å²) in [6, 6.07) is 9.37. The summed E-state index contributed by atoms with van der Waals surface area (Å²) < 4.78 is 0. The predicted molar refractivity (Wildman–Crippen MR) is 99.6 cm³/mol. The topological polar surface area (TPSA) is 89.0 Å². The van der Waals surface area contributed by atoms with Gasteiger partial charge in [-0.25, -0.2) is 9.98 Å². The normalized spacial score (nSPS) is 20.1. The fraction of sp³-hybridized carbons (Fsp3) is 0.412. The number of aliphatic imine (C=N–C) groups is 2. The smallest absolute Gasteiger partial charge is 0.313 e. The molecular weight excluding hydrogens is 360 g/mol. The fourth-order valence-electron chi connectivity index (χ4n) is 3.31. The molecule has 8 heteroatoms. The van der Waals surface area contributed by atoms with Crippen molar-refractivity contribution in [3.05, 3.63) is 29.3 Å². The van der Waals surface area contributed by atoms with Gasteiger partial charge in [0.25, 0.3) is 0 Å². The van der Waals surface area contributed by atoms with E-state index in [4.69, 9.17) is 21.7 Å². The molecule has 0 amide bonds. The van der Waals surface area contributed by atoms with Crippen LogP contribution in [0.4, 0.5) is 5.69 Å². The second kappa shape index (κ2) is 7.46. The molecule has 1 aromatic carbocycles. The van der Waals surface area contributed by atoms with Crippen LogP contribution in [0.5, 0.6) is 0 Å². The summed E-state index contributed by atoms with van der Waals surface area (Å²) in [4.78, 5) is 22.2. The number of nitrogens with zero attached hydrogens (tertiary/aromatic N) is 4. The van der Waals surface area contributed by atoms with E-state index >= 15 is 0 Å². The highest BCUT2D eigenvalue weighted by atomic mass is 35.5. The third kappa shape index (κ3) is 3.65. The van der Waals surface area contributed by atoms with Gasteiger partial charge < -0.3 is 10.0 Å². The van der Waals surface area contributed by atoms with Crippen molar-refractivity contribution in [3.63, 3.8) is 0 Å². The van der Waals surface area contributed by atoms with E-state index in [1.165, 1.54) is 0 Å². The quantitative estimate of drug-likeness (QED) is 0.809. The van der Waals surface area contributed by atoms with Crippen molar-refractivity contribution in [1.29, 1.82) is 5.26 Å². The standard InChI is InChI=1S/C17H17ClN4O2S/c18-12-3-5-13(6-4-12)20-15-17(7-1-2-8-17)22(10-9-19)16(21-15)25-11-14(23)24/h3-6H,1-2,7-8,10-11H2,(H,23,24). The lowest BCUT2D eigenvalue weighted by molar-refractivity contribution is -0.133. The number of carbonyl (C=O) groups is 1. The first-order valence-corrected chi connectivity index (χ1v) is 9.34. The van der Waals surface area contributed by atoms with Crippen LogP contribution in [0.1, 0.15) is 25.7 Å². The molecule has 1 aliphatic carbocycles. The molecule has 0 bridgehead atoms. The first-order valence-electron chi connectivity index (χ1n) is 7.98. The van der Waals surface area contributed by atoms with Gasteiger partial charge in [-0.1, -0.05) is 36.2 Å². The average Bonchev–Trinajstić information content (AvgIpc) is 3.17. The van der Waals surface area contributed by atoms with Crippen LogP contribution in [0.2, 0.25) is 5.02 Å². The van der Waals surface area contributed by atoms with Gasteiger partial charge in [0.2, 0.25) is 0 Å². The number of carboxylic acid groups (broad SMARTS) is 1.